The average Bonchev–Trinajstić information content (AvgIpc) is 2.51. The molecule has 0 heterocycles. The van der Waals surface area contributed by atoms with Crippen molar-refractivity contribution in [2.24, 2.45) is 0 Å². The van der Waals surface area contributed by atoms with Gasteiger partial charge in [-0.15, -0.1) is 0 Å². The van der Waals surface area contributed by atoms with Crippen LogP contribution in [-0.4, -0.2) is 34.6 Å². The van der Waals surface area contributed by atoms with Crippen molar-refractivity contribution in [1.29, 1.82) is 0 Å². The number of amides is 1. The fraction of sp³-hybridized carbons (Fsp3) is 0.500. The third kappa shape index (κ3) is 4.97. The Morgan fingerprint density at radius 2 is 1.82 bits per heavy atom. The predicted molar refractivity (Wildman–Crippen MR) is 83.7 cm³/mol. The monoisotopic (exact) mass is 330 g/mol. The molecule has 0 aromatic heterocycles. The number of hydrogen-bond donors (Lipinski definition) is 1. The summed E-state index contributed by atoms with van der Waals surface area (Å²) in [4.78, 5) is 16.1. The number of nitrogens with zero attached hydrogens (tertiary/aromatic N) is 1. The van der Waals surface area contributed by atoms with Gasteiger partial charge in [0.2, 0.25) is 0 Å². The number of benzene rings is 1. The minimum Gasteiger partial charge on any atom is -0.277 e. The molecule has 0 atom stereocenters. The SMILES string of the molecule is CCCOS(=O)(=O)N(CCC)c1ccc(C(=O)NOC)cc1. The minimum atomic E-state index is -3.83. The van der Waals surface area contributed by atoms with Crippen LogP contribution >= 0.6 is 0 Å². The molecule has 7 nitrogen and oxygen atoms in total. The highest BCUT2D eigenvalue weighted by molar-refractivity contribution is 7.88. The molecule has 0 spiro atoms. The smallest absolute Gasteiger partial charge is 0.277 e. The zero-order valence-corrected chi connectivity index (χ0v) is 13.9. The molecular formula is C14H22N2O5S. The van der Waals surface area contributed by atoms with E-state index in [1.807, 2.05) is 13.8 Å². The Labute approximate surface area is 131 Å². The Morgan fingerprint density at radius 1 is 1.18 bits per heavy atom. The van der Waals surface area contributed by atoms with E-state index in [0.717, 1.165) is 0 Å². The van der Waals surface area contributed by atoms with Gasteiger partial charge in [-0.05, 0) is 37.1 Å². The summed E-state index contributed by atoms with van der Waals surface area (Å²) in [6.45, 7) is 4.15. The van der Waals surface area contributed by atoms with E-state index in [2.05, 4.69) is 10.3 Å². The molecule has 124 valence electrons. The fourth-order valence-electron chi connectivity index (χ4n) is 1.76. The maximum absolute atomic E-state index is 12.2. The Bertz CT molecular complexity index is 571. The number of nitrogens with one attached hydrogen (secondary N) is 1. The second-order valence-electron chi connectivity index (χ2n) is 4.53. The second-order valence-corrected chi connectivity index (χ2v) is 6.07. The van der Waals surface area contributed by atoms with Crippen molar-refractivity contribution in [3.8, 4) is 0 Å². The van der Waals surface area contributed by atoms with Crippen LogP contribution in [-0.2, 0) is 19.3 Å². The molecule has 0 aliphatic heterocycles. The highest BCUT2D eigenvalue weighted by Gasteiger charge is 2.22. The van der Waals surface area contributed by atoms with E-state index in [1.54, 1.807) is 12.1 Å². The molecule has 22 heavy (non-hydrogen) atoms. The van der Waals surface area contributed by atoms with Crippen LogP contribution in [0.25, 0.3) is 0 Å². The Morgan fingerprint density at radius 3 is 2.32 bits per heavy atom. The predicted octanol–water partition coefficient (Wildman–Crippen LogP) is 1.87. The minimum absolute atomic E-state index is 0.136. The number of carbonyl (C=O) groups is 1. The highest BCUT2D eigenvalue weighted by atomic mass is 32.2. The summed E-state index contributed by atoms with van der Waals surface area (Å²) in [6.07, 6.45) is 1.25. The normalized spacial score (nSPS) is 11.2. The molecular weight excluding hydrogens is 308 g/mol. The van der Waals surface area contributed by atoms with Crippen LogP contribution in [0.5, 0.6) is 0 Å². The molecule has 0 saturated carbocycles. The van der Waals surface area contributed by atoms with E-state index >= 15 is 0 Å². The van der Waals surface area contributed by atoms with Crippen molar-refractivity contribution < 1.29 is 22.2 Å². The molecule has 1 aromatic rings. The lowest BCUT2D eigenvalue weighted by atomic mass is 10.2. The summed E-state index contributed by atoms with van der Waals surface area (Å²) >= 11 is 0. The van der Waals surface area contributed by atoms with Gasteiger partial charge in [-0.1, -0.05) is 13.8 Å². The zero-order valence-electron chi connectivity index (χ0n) is 13.0. The van der Waals surface area contributed by atoms with Crippen LogP contribution < -0.4 is 9.79 Å². The van der Waals surface area contributed by atoms with Crippen LogP contribution in [0.2, 0.25) is 0 Å². The molecule has 0 saturated heterocycles. The van der Waals surface area contributed by atoms with Gasteiger partial charge in [-0.25, -0.2) is 9.79 Å². The van der Waals surface area contributed by atoms with Crippen molar-refractivity contribution in [1.82, 2.24) is 5.48 Å². The summed E-state index contributed by atoms with van der Waals surface area (Å²) in [5, 5.41) is 0. The number of hydroxylamine groups is 1. The van der Waals surface area contributed by atoms with Crippen LogP contribution in [0.4, 0.5) is 5.69 Å². The first kappa shape index (κ1) is 18.4. The molecule has 0 aliphatic rings. The van der Waals surface area contributed by atoms with Gasteiger partial charge in [0.25, 0.3) is 5.91 Å². The van der Waals surface area contributed by atoms with Gasteiger partial charge < -0.3 is 0 Å². The van der Waals surface area contributed by atoms with E-state index in [9.17, 15) is 13.2 Å². The molecule has 1 aromatic carbocycles. The summed E-state index contributed by atoms with van der Waals surface area (Å²) < 4.78 is 30.6. The highest BCUT2D eigenvalue weighted by Crippen LogP contribution is 2.20. The summed E-state index contributed by atoms with van der Waals surface area (Å²) in [5.41, 5.74) is 3.02. The zero-order chi connectivity index (χ0) is 16.6. The number of rotatable bonds is 9. The van der Waals surface area contributed by atoms with Gasteiger partial charge in [0.15, 0.2) is 0 Å². The average molecular weight is 330 g/mol. The van der Waals surface area contributed by atoms with Crippen LogP contribution in [0, 0.1) is 0 Å². The molecule has 0 aliphatic carbocycles. The summed E-state index contributed by atoms with van der Waals surface area (Å²) in [6, 6.07) is 6.18. The third-order valence-electron chi connectivity index (χ3n) is 2.75. The molecule has 0 unspecified atom stereocenters. The largest absolute Gasteiger partial charge is 0.362 e. The van der Waals surface area contributed by atoms with Gasteiger partial charge in [-0.3, -0.25) is 13.8 Å². The van der Waals surface area contributed by atoms with Crippen molar-refractivity contribution in [3.63, 3.8) is 0 Å². The Hall–Kier alpha value is -1.64. The third-order valence-corrected chi connectivity index (χ3v) is 4.14. The van der Waals surface area contributed by atoms with E-state index < -0.39 is 16.2 Å². The molecule has 0 bridgehead atoms. The number of hydrogen-bond acceptors (Lipinski definition) is 5. The van der Waals surface area contributed by atoms with Gasteiger partial charge in [0, 0.05) is 12.1 Å². The molecule has 1 N–H and O–H groups in total. The maximum Gasteiger partial charge on any atom is 0.362 e. The Balaban J connectivity index is 2.99. The maximum atomic E-state index is 12.2. The van der Waals surface area contributed by atoms with Gasteiger partial charge >= 0.3 is 10.3 Å². The van der Waals surface area contributed by atoms with Crippen LogP contribution in [0.1, 0.15) is 37.0 Å². The molecule has 1 rings (SSSR count). The number of anilines is 1. The van der Waals surface area contributed by atoms with E-state index in [4.69, 9.17) is 4.18 Å². The first-order chi connectivity index (χ1) is 10.5. The van der Waals surface area contributed by atoms with E-state index in [-0.39, 0.29) is 6.61 Å². The van der Waals surface area contributed by atoms with Gasteiger partial charge in [-0.2, -0.15) is 8.42 Å². The first-order valence-corrected chi connectivity index (χ1v) is 8.43. The fourth-order valence-corrected chi connectivity index (χ4v) is 3.05. The van der Waals surface area contributed by atoms with Crippen LogP contribution in [0.15, 0.2) is 24.3 Å². The lowest BCUT2D eigenvalue weighted by Crippen LogP contribution is -2.33. The summed E-state index contributed by atoms with van der Waals surface area (Å²) in [5.74, 6) is -0.402. The van der Waals surface area contributed by atoms with Gasteiger partial charge in [0.1, 0.15) is 0 Å². The quantitative estimate of drug-likeness (QED) is 0.699. The second kappa shape index (κ2) is 8.72. The topological polar surface area (TPSA) is 84.9 Å². The van der Waals surface area contributed by atoms with E-state index in [1.165, 1.54) is 23.5 Å². The first-order valence-electron chi connectivity index (χ1n) is 7.06. The van der Waals surface area contributed by atoms with Crippen molar-refractivity contribution in [3.05, 3.63) is 29.8 Å². The lowest BCUT2D eigenvalue weighted by molar-refractivity contribution is 0.0537. The summed E-state index contributed by atoms with van der Waals surface area (Å²) in [7, 11) is -2.49. The Kier molecular flexibility index (Phi) is 7.30. The van der Waals surface area contributed by atoms with Crippen molar-refractivity contribution in [2.45, 2.75) is 26.7 Å². The van der Waals surface area contributed by atoms with Gasteiger partial charge in [0.05, 0.1) is 19.4 Å². The molecule has 8 heteroatoms. The number of carbonyl (C=O) groups excluding carboxylic acids is 1. The lowest BCUT2D eigenvalue weighted by Gasteiger charge is -2.23. The van der Waals surface area contributed by atoms with Crippen molar-refractivity contribution in [2.75, 3.05) is 24.6 Å². The van der Waals surface area contributed by atoms with E-state index in [0.29, 0.717) is 30.6 Å². The molecule has 1 amide bonds. The standard InChI is InChI=1S/C14H22N2O5S/c1-4-10-16(22(18,19)21-11-5-2)13-8-6-12(7-9-13)14(17)15-20-3/h6-9H,4-5,10-11H2,1-3H3,(H,15,17). The molecule has 0 radical (unpaired) electrons. The molecule has 0 fully saturated rings. The van der Waals surface area contributed by atoms with Crippen molar-refractivity contribution >= 4 is 21.9 Å². The van der Waals surface area contributed by atoms with Crippen LogP contribution in [0.3, 0.4) is 0 Å².